The highest BCUT2D eigenvalue weighted by atomic mass is 16.6. The Labute approximate surface area is 107 Å². The monoisotopic (exact) mass is 252 g/mol. The smallest absolute Gasteiger partial charge is 0.270 e. The van der Waals surface area contributed by atoms with E-state index >= 15 is 0 Å². The summed E-state index contributed by atoms with van der Waals surface area (Å²) in [5.41, 5.74) is 0.908. The first-order valence-corrected chi connectivity index (χ1v) is 6.17. The quantitative estimate of drug-likeness (QED) is 0.598. The molecule has 0 saturated heterocycles. The summed E-state index contributed by atoms with van der Waals surface area (Å²) in [7, 11) is 1.80. The number of benzene rings is 1. The molecule has 0 aliphatic heterocycles. The normalized spacial score (nSPS) is 12.2. The second-order valence-electron chi connectivity index (χ2n) is 4.30. The van der Waals surface area contributed by atoms with Crippen molar-refractivity contribution in [1.29, 1.82) is 0 Å². The molecular weight excluding hydrogens is 232 g/mol. The number of nitro groups is 1. The summed E-state index contributed by atoms with van der Waals surface area (Å²) in [6, 6.07) is 4.72. The molecule has 0 spiro atoms. The van der Waals surface area contributed by atoms with Crippen LogP contribution in [0.15, 0.2) is 18.2 Å². The van der Waals surface area contributed by atoms with Gasteiger partial charge in [-0.05, 0) is 26.5 Å². The third-order valence-electron chi connectivity index (χ3n) is 2.65. The Hall–Kier alpha value is -1.62. The zero-order valence-electron chi connectivity index (χ0n) is 11.1. The summed E-state index contributed by atoms with van der Waals surface area (Å²) < 4.78 is 5.81. The van der Waals surface area contributed by atoms with Crippen LogP contribution in [0.3, 0.4) is 0 Å². The Morgan fingerprint density at radius 1 is 1.50 bits per heavy atom. The van der Waals surface area contributed by atoms with Gasteiger partial charge in [0, 0.05) is 24.2 Å². The van der Waals surface area contributed by atoms with Crippen molar-refractivity contribution < 1.29 is 9.66 Å². The fourth-order valence-corrected chi connectivity index (χ4v) is 1.81. The molecular formula is C13H20N2O3. The zero-order valence-corrected chi connectivity index (χ0v) is 11.1. The van der Waals surface area contributed by atoms with Gasteiger partial charge in [0.1, 0.15) is 5.75 Å². The maximum Gasteiger partial charge on any atom is 0.270 e. The van der Waals surface area contributed by atoms with E-state index in [1.165, 1.54) is 6.07 Å². The van der Waals surface area contributed by atoms with Crippen LogP contribution in [0.2, 0.25) is 0 Å². The van der Waals surface area contributed by atoms with Crippen LogP contribution in [0, 0.1) is 10.1 Å². The van der Waals surface area contributed by atoms with Crippen molar-refractivity contribution >= 4 is 5.69 Å². The Morgan fingerprint density at radius 2 is 2.22 bits per heavy atom. The summed E-state index contributed by atoms with van der Waals surface area (Å²) >= 11 is 0. The van der Waals surface area contributed by atoms with Crippen LogP contribution < -0.4 is 10.1 Å². The molecule has 18 heavy (non-hydrogen) atoms. The van der Waals surface area contributed by atoms with E-state index < -0.39 is 4.92 Å². The van der Waals surface area contributed by atoms with Crippen LogP contribution in [0.5, 0.6) is 5.75 Å². The number of nitrogens with zero attached hydrogens (tertiary/aromatic N) is 1. The van der Waals surface area contributed by atoms with Crippen molar-refractivity contribution in [3.05, 3.63) is 33.9 Å². The number of nitrogens with one attached hydrogen (secondary N) is 1. The van der Waals surface area contributed by atoms with Crippen LogP contribution >= 0.6 is 0 Å². The van der Waals surface area contributed by atoms with E-state index in [9.17, 15) is 10.1 Å². The Bertz CT molecular complexity index is 407. The molecule has 0 radical (unpaired) electrons. The van der Waals surface area contributed by atoms with Crippen molar-refractivity contribution in [1.82, 2.24) is 5.32 Å². The van der Waals surface area contributed by atoms with Gasteiger partial charge in [0.25, 0.3) is 5.69 Å². The highest BCUT2D eigenvalue weighted by Gasteiger charge is 2.13. The van der Waals surface area contributed by atoms with E-state index in [1.54, 1.807) is 19.2 Å². The van der Waals surface area contributed by atoms with Crippen molar-refractivity contribution in [3.8, 4) is 5.75 Å². The van der Waals surface area contributed by atoms with E-state index in [4.69, 9.17) is 4.74 Å². The van der Waals surface area contributed by atoms with Crippen molar-refractivity contribution in [2.24, 2.45) is 0 Å². The van der Waals surface area contributed by atoms with Crippen LogP contribution in [-0.4, -0.2) is 18.1 Å². The summed E-state index contributed by atoms with van der Waals surface area (Å²) in [5, 5.41) is 13.7. The molecule has 0 aliphatic rings. The minimum Gasteiger partial charge on any atom is -0.490 e. The van der Waals surface area contributed by atoms with Crippen LogP contribution in [0.25, 0.3) is 0 Å². The number of rotatable bonds is 7. The molecule has 0 aliphatic carbocycles. The first-order chi connectivity index (χ1) is 8.58. The molecule has 0 aromatic heterocycles. The molecule has 0 fully saturated rings. The standard InChI is InChI=1S/C13H20N2O3/c1-4-5-10(2)18-13-7-6-12(15(16)17)8-11(13)9-14-3/h6-8,10,14H,4-5,9H2,1-3H3. The van der Waals surface area contributed by atoms with E-state index in [2.05, 4.69) is 12.2 Å². The van der Waals surface area contributed by atoms with E-state index in [1.807, 2.05) is 6.92 Å². The topological polar surface area (TPSA) is 64.4 Å². The van der Waals surface area contributed by atoms with Gasteiger partial charge in [-0.2, -0.15) is 0 Å². The lowest BCUT2D eigenvalue weighted by atomic mass is 10.1. The van der Waals surface area contributed by atoms with E-state index in [0.29, 0.717) is 6.54 Å². The molecule has 0 saturated carbocycles. The Morgan fingerprint density at radius 3 is 2.78 bits per heavy atom. The average Bonchev–Trinajstić information content (AvgIpc) is 2.31. The second kappa shape index (κ2) is 6.96. The lowest BCUT2D eigenvalue weighted by molar-refractivity contribution is -0.384. The lowest BCUT2D eigenvalue weighted by Crippen LogP contribution is -2.14. The van der Waals surface area contributed by atoms with Gasteiger partial charge >= 0.3 is 0 Å². The fourth-order valence-electron chi connectivity index (χ4n) is 1.81. The summed E-state index contributed by atoms with van der Waals surface area (Å²) in [5.74, 6) is 0.718. The molecule has 5 nitrogen and oxygen atoms in total. The van der Waals surface area contributed by atoms with E-state index in [-0.39, 0.29) is 11.8 Å². The van der Waals surface area contributed by atoms with Gasteiger partial charge in [0.2, 0.25) is 0 Å². The van der Waals surface area contributed by atoms with Gasteiger partial charge in [0.05, 0.1) is 11.0 Å². The highest BCUT2D eigenvalue weighted by Crippen LogP contribution is 2.25. The summed E-state index contributed by atoms with van der Waals surface area (Å²) in [6.07, 6.45) is 2.14. The minimum absolute atomic E-state index is 0.0933. The third kappa shape index (κ3) is 4.00. The molecule has 1 aromatic carbocycles. The third-order valence-corrected chi connectivity index (χ3v) is 2.65. The number of hydrogen-bond donors (Lipinski definition) is 1. The Balaban J connectivity index is 2.92. The number of nitro benzene ring substituents is 1. The van der Waals surface area contributed by atoms with Gasteiger partial charge in [-0.15, -0.1) is 0 Å². The lowest BCUT2D eigenvalue weighted by Gasteiger charge is -2.16. The molecule has 0 heterocycles. The maximum absolute atomic E-state index is 10.7. The molecule has 1 unspecified atom stereocenters. The van der Waals surface area contributed by atoms with Gasteiger partial charge in [0.15, 0.2) is 0 Å². The highest BCUT2D eigenvalue weighted by molar-refractivity contribution is 5.43. The van der Waals surface area contributed by atoms with Crippen molar-refractivity contribution in [2.45, 2.75) is 39.3 Å². The van der Waals surface area contributed by atoms with Gasteiger partial charge in [-0.3, -0.25) is 10.1 Å². The molecule has 1 rings (SSSR count). The van der Waals surface area contributed by atoms with Gasteiger partial charge in [-0.25, -0.2) is 0 Å². The number of hydrogen-bond acceptors (Lipinski definition) is 4. The van der Waals surface area contributed by atoms with E-state index in [0.717, 1.165) is 24.2 Å². The number of ether oxygens (including phenoxy) is 1. The molecule has 5 heteroatoms. The SMILES string of the molecule is CCCC(C)Oc1ccc([N+](=O)[O-])cc1CNC. The molecule has 0 amide bonds. The minimum atomic E-state index is -0.390. The first kappa shape index (κ1) is 14.4. The molecule has 1 atom stereocenters. The predicted octanol–water partition coefficient (Wildman–Crippen LogP) is 2.88. The zero-order chi connectivity index (χ0) is 13.5. The summed E-state index contributed by atoms with van der Waals surface area (Å²) in [6.45, 7) is 4.66. The maximum atomic E-state index is 10.7. The van der Waals surface area contributed by atoms with Crippen molar-refractivity contribution in [3.63, 3.8) is 0 Å². The molecule has 100 valence electrons. The van der Waals surface area contributed by atoms with Crippen LogP contribution in [0.1, 0.15) is 32.3 Å². The molecule has 0 bridgehead atoms. The summed E-state index contributed by atoms with van der Waals surface area (Å²) in [4.78, 5) is 10.3. The first-order valence-electron chi connectivity index (χ1n) is 6.17. The Kier molecular flexibility index (Phi) is 5.58. The second-order valence-corrected chi connectivity index (χ2v) is 4.30. The van der Waals surface area contributed by atoms with Gasteiger partial charge in [-0.1, -0.05) is 13.3 Å². The van der Waals surface area contributed by atoms with Crippen LogP contribution in [-0.2, 0) is 6.54 Å². The van der Waals surface area contributed by atoms with Crippen molar-refractivity contribution in [2.75, 3.05) is 7.05 Å². The average molecular weight is 252 g/mol. The fraction of sp³-hybridized carbons (Fsp3) is 0.538. The number of non-ortho nitro benzene ring substituents is 1. The predicted molar refractivity (Wildman–Crippen MR) is 70.9 cm³/mol. The van der Waals surface area contributed by atoms with Crippen LogP contribution in [0.4, 0.5) is 5.69 Å². The molecule has 1 aromatic rings. The molecule has 1 N–H and O–H groups in total. The largest absolute Gasteiger partial charge is 0.490 e. The van der Waals surface area contributed by atoms with Gasteiger partial charge < -0.3 is 10.1 Å².